The van der Waals surface area contributed by atoms with Crippen molar-refractivity contribution in [2.75, 3.05) is 20.5 Å². The lowest BCUT2D eigenvalue weighted by atomic mass is 10.5. The Morgan fingerprint density at radius 3 is 2.80 bits per heavy atom. The van der Waals surface area contributed by atoms with Crippen LogP contribution in [0.1, 0.15) is 8.22 Å². The first-order chi connectivity index (χ1) is 6.55. The third kappa shape index (κ3) is 10.4. The Hall–Kier alpha value is -0.540. The predicted molar refractivity (Wildman–Crippen MR) is 42.6 cm³/mol. The third-order valence-electron chi connectivity index (χ3n) is 0.548. The van der Waals surface area contributed by atoms with Crippen molar-refractivity contribution in [2.45, 2.75) is 0 Å². The molecule has 0 spiro atoms. The maximum Gasteiger partial charge on any atom is 0.328 e. The van der Waals surface area contributed by atoms with Gasteiger partial charge in [-0.2, -0.15) is 0 Å². The maximum atomic E-state index is 10.1. The predicted octanol–water partition coefficient (Wildman–Crippen LogP) is 0.611. The molecule has 0 aromatic carbocycles. The van der Waals surface area contributed by atoms with Crippen molar-refractivity contribution < 1.29 is 18.1 Å². The number of hydrogen-bond acceptors (Lipinski definition) is 2. The van der Waals surface area contributed by atoms with Gasteiger partial charge >= 0.3 is 5.97 Å². The van der Waals surface area contributed by atoms with Crippen LogP contribution in [0.2, 0.25) is 0 Å². The molecule has 0 saturated heterocycles. The summed E-state index contributed by atoms with van der Waals surface area (Å²) in [6.45, 7) is -6.04. The Balaban J connectivity index is 0. The zero-order valence-corrected chi connectivity index (χ0v) is 5.89. The molecule has 0 aliphatic carbocycles. The van der Waals surface area contributed by atoms with Crippen molar-refractivity contribution in [3.8, 4) is 0 Å². The van der Waals surface area contributed by atoms with Crippen LogP contribution in [0.5, 0.6) is 0 Å². The second-order valence-electron chi connectivity index (χ2n) is 1.35. The summed E-state index contributed by atoms with van der Waals surface area (Å²) in [5, 5.41) is 8.25. The second-order valence-corrected chi connectivity index (χ2v) is 1.35. The molecule has 0 heterocycles. The molecule has 10 heavy (non-hydrogen) atoms. The molecule has 3 nitrogen and oxygen atoms in total. The highest BCUT2D eigenvalue weighted by Gasteiger charge is 1.85. The van der Waals surface area contributed by atoms with E-state index >= 15 is 0 Å². The molecule has 0 aromatic rings. The van der Waals surface area contributed by atoms with Gasteiger partial charge in [0.05, 0.1) is 0 Å². The first kappa shape index (κ1) is 3.74. The summed E-state index contributed by atoms with van der Waals surface area (Å²) < 4.78 is 41.7. The minimum absolute atomic E-state index is 0. The van der Waals surface area contributed by atoms with Crippen molar-refractivity contribution in [2.24, 2.45) is 0 Å². The molecule has 60 valence electrons. The van der Waals surface area contributed by atoms with Gasteiger partial charge in [0.25, 0.3) is 0 Å². The smallest absolute Gasteiger partial charge is 0.328 e. The number of likely N-dealkylation sites (N-methyl/N-ethyl adjacent to an activating group) is 1. The molecule has 0 atom stereocenters. The number of hydrogen-bond donors (Lipinski definition) is 1. The van der Waals surface area contributed by atoms with E-state index in [0.29, 0.717) is 6.08 Å². The first-order valence-corrected chi connectivity index (χ1v) is 2.22. The van der Waals surface area contributed by atoms with Crippen molar-refractivity contribution in [3.63, 3.8) is 0 Å². The van der Waals surface area contributed by atoms with Crippen molar-refractivity contribution in [3.05, 3.63) is 12.2 Å². The molecule has 0 bridgehead atoms. The highest BCUT2D eigenvalue weighted by atomic mass is 35.5. The third-order valence-corrected chi connectivity index (χ3v) is 0.548. The fraction of sp³-hybridized carbons (Fsp3) is 0.500. The Morgan fingerprint density at radius 1 is 1.80 bits per heavy atom. The minimum atomic E-state index is -2.78. The summed E-state index contributed by atoms with van der Waals surface area (Å²) in [6, 6.07) is 0. The summed E-state index contributed by atoms with van der Waals surface area (Å²) in [5.74, 6) is -1.26. The van der Waals surface area contributed by atoms with Gasteiger partial charge in [-0.15, -0.1) is 12.4 Å². The van der Waals surface area contributed by atoms with Crippen molar-refractivity contribution in [1.29, 1.82) is 0 Å². The topological polar surface area (TPSA) is 40.5 Å². The first-order valence-electron chi connectivity index (χ1n) is 5.22. The minimum Gasteiger partial charge on any atom is -0.478 e. The van der Waals surface area contributed by atoms with Crippen LogP contribution in [0.25, 0.3) is 0 Å². The van der Waals surface area contributed by atoms with Crippen LogP contribution >= 0.6 is 12.4 Å². The van der Waals surface area contributed by atoms with Crippen LogP contribution in [0.15, 0.2) is 12.2 Å². The van der Waals surface area contributed by atoms with E-state index in [1.165, 1.54) is 0 Å². The summed E-state index contributed by atoms with van der Waals surface area (Å²) in [4.78, 5) is 10.4. The fourth-order valence-electron chi connectivity index (χ4n) is 0.259. The molecule has 4 heteroatoms. The lowest BCUT2D eigenvalue weighted by molar-refractivity contribution is -0.131. The van der Waals surface area contributed by atoms with Crippen LogP contribution in [-0.2, 0) is 4.79 Å². The van der Waals surface area contributed by atoms with Gasteiger partial charge in [-0.25, -0.2) is 4.79 Å². The highest BCUT2D eigenvalue weighted by molar-refractivity contribution is 5.85. The van der Waals surface area contributed by atoms with Gasteiger partial charge in [0, 0.05) is 20.8 Å². The summed E-state index contributed by atoms with van der Waals surface area (Å²) in [6.07, 6.45) is 1.67. The quantitative estimate of drug-likeness (QED) is 0.633. The van der Waals surface area contributed by atoms with E-state index in [9.17, 15) is 4.79 Å². The van der Waals surface area contributed by atoms with E-state index in [2.05, 4.69) is 0 Å². The highest BCUT2D eigenvalue weighted by Crippen LogP contribution is 1.76. The Morgan fingerprint density at radius 2 is 2.40 bits per heavy atom. The van der Waals surface area contributed by atoms with Crippen LogP contribution < -0.4 is 0 Å². The average molecular weight is 172 g/mol. The van der Waals surface area contributed by atoms with Gasteiger partial charge in [-0.3, -0.25) is 0 Å². The van der Waals surface area contributed by atoms with E-state index in [1.54, 1.807) is 0 Å². The number of nitrogens with zero attached hydrogens (tertiary/aromatic N) is 1. The van der Waals surface area contributed by atoms with E-state index in [0.717, 1.165) is 6.08 Å². The Kier molecular flexibility index (Phi) is 2.46. The van der Waals surface area contributed by atoms with Gasteiger partial charge in [0.2, 0.25) is 0 Å². The molecule has 0 saturated carbocycles. The van der Waals surface area contributed by atoms with Crippen LogP contribution in [0.3, 0.4) is 0 Å². The van der Waals surface area contributed by atoms with E-state index in [1.807, 2.05) is 0 Å². The molecule has 0 fully saturated rings. The zero-order chi connectivity index (χ0) is 12.3. The van der Waals surface area contributed by atoms with Gasteiger partial charge in [0.1, 0.15) is 0 Å². The van der Waals surface area contributed by atoms with Crippen molar-refractivity contribution >= 4 is 18.4 Å². The molecule has 0 rings (SSSR count). The Bertz CT molecular complexity index is 247. The summed E-state index contributed by atoms with van der Waals surface area (Å²) in [5.41, 5.74) is 0. The van der Waals surface area contributed by atoms with Gasteiger partial charge < -0.3 is 10.0 Å². The summed E-state index contributed by atoms with van der Waals surface area (Å²) >= 11 is 0. The number of carboxylic acid groups (broad SMARTS) is 1. The Labute approximate surface area is 75.2 Å². The van der Waals surface area contributed by atoms with E-state index < -0.39 is 26.5 Å². The molecule has 0 aromatic heterocycles. The van der Waals surface area contributed by atoms with Crippen molar-refractivity contribution in [1.82, 2.24) is 4.90 Å². The number of halogens is 1. The summed E-state index contributed by atoms with van der Waals surface area (Å²) in [7, 11) is 0. The molecule has 0 amide bonds. The normalized spacial score (nSPS) is 21.3. The standard InChI is InChI=1S/C6H11NO2.ClH/c1-7(2)5-3-4-6(8)9;/h3-4H,5H2,1-2H3,(H,8,9);1H/b4-3+;/i1D3,2D3;. The van der Waals surface area contributed by atoms with Crippen LogP contribution in [-0.4, -0.2) is 36.5 Å². The number of carboxylic acids is 1. The van der Waals surface area contributed by atoms with E-state index in [4.69, 9.17) is 13.3 Å². The molecule has 1 N–H and O–H groups in total. The zero-order valence-electron chi connectivity index (χ0n) is 11.1. The molecule has 0 radical (unpaired) electrons. The monoisotopic (exact) mass is 171 g/mol. The average Bonchev–Trinajstić information content (AvgIpc) is 1.92. The van der Waals surface area contributed by atoms with Gasteiger partial charge in [-0.1, -0.05) is 6.08 Å². The van der Waals surface area contributed by atoms with Gasteiger partial charge in [0.15, 0.2) is 0 Å². The lowest BCUT2D eigenvalue weighted by Crippen LogP contribution is -2.10. The fourth-order valence-corrected chi connectivity index (χ4v) is 0.259. The molecule has 0 aliphatic rings. The second kappa shape index (κ2) is 6.58. The molecule has 0 unspecified atom stereocenters. The van der Waals surface area contributed by atoms with Crippen LogP contribution in [0.4, 0.5) is 0 Å². The lowest BCUT2D eigenvalue weighted by Gasteiger charge is -2.02. The van der Waals surface area contributed by atoms with Crippen LogP contribution in [0, 0.1) is 0 Å². The maximum absolute atomic E-state index is 10.1. The van der Waals surface area contributed by atoms with E-state index in [-0.39, 0.29) is 17.3 Å². The number of aliphatic carboxylic acids is 1. The molecular weight excluding hydrogens is 154 g/mol. The molecular formula is C6H12ClNO2. The SMILES string of the molecule is Cl.[2H]C([2H])([2H])N(C/C=C/C(=O)O)C([2H])([2H])[2H]. The largest absolute Gasteiger partial charge is 0.478 e. The van der Waals surface area contributed by atoms with Gasteiger partial charge in [-0.05, 0) is 14.0 Å². The molecule has 0 aliphatic heterocycles. The number of carbonyl (C=O) groups is 1. The number of rotatable bonds is 3.